The smallest absolute Gasteiger partial charge is 0.152 e. The minimum atomic E-state index is 0.219. The summed E-state index contributed by atoms with van der Waals surface area (Å²) in [4.78, 5) is 23.4. The van der Waals surface area contributed by atoms with Crippen LogP contribution in [0, 0.1) is 0 Å². The van der Waals surface area contributed by atoms with Crippen LogP contribution in [-0.2, 0) is 11.2 Å². The number of hydrogen-bond donors (Lipinski definition) is 0. The van der Waals surface area contributed by atoms with Crippen molar-refractivity contribution in [2.45, 2.75) is 19.3 Å². The van der Waals surface area contributed by atoms with E-state index in [9.17, 15) is 4.79 Å². The van der Waals surface area contributed by atoms with Gasteiger partial charge >= 0.3 is 0 Å². The van der Waals surface area contributed by atoms with Crippen LogP contribution in [0.5, 0.6) is 0 Å². The van der Waals surface area contributed by atoms with E-state index in [1.807, 2.05) is 12.1 Å². The van der Waals surface area contributed by atoms with Gasteiger partial charge in [-0.2, -0.15) is 10.2 Å². The molecule has 0 radical (unpaired) electrons. The summed E-state index contributed by atoms with van der Waals surface area (Å²) in [6.07, 6.45) is 9.67. The molecule has 4 heterocycles. The molecule has 1 aliphatic heterocycles. The van der Waals surface area contributed by atoms with Gasteiger partial charge in [-0.15, -0.1) is 0 Å². The van der Waals surface area contributed by atoms with Gasteiger partial charge in [0.1, 0.15) is 0 Å². The van der Waals surface area contributed by atoms with Crippen molar-refractivity contribution in [3.05, 3.63) is 48.7 Å². The number of fused-ring (bicyclic) bond motifs is 1. The Morgan fingerprint density at radius 3 is 2.68 bits per heavy atom. The molecule has 25 heavy (non-hydrogen) atoms. The number of pyridine rings is 2. The van der Waals surface area contributed by atoms with Gasteiger partial charge in [0.2, 0.25) is 0 Å². The van der Waals surface area contributed by atoms with E-state index in [4.69, 9.17) is 0 Å². The predicted molar refractivity (Wildman–Crippen MR) is 94.9 cm³/mol. The molecule has 0 aliphatic carbocycles. The minimum absolute atomic E-state index is 0.219. The van der Waals surface area contributed by atoms with E-state index in [1.54, 1.807) is 24.8 Å². The Balaban J connectivity index is 1.55. The summed E-state index contributed by atoms with van der Waals surface area (Å²) in [6.45, 7) is 2.59. The first-order valence-corrected chi connectivity index (χ1v) is 8.54. The molecular weight excluding hydrogens is 314 g/mol. The second-order valence-corrected chi connectivity index (χ2v) is 6.42. The molecular formula is C19H19N5O. The maximum Gasteiger partial charge on any atom is 0.152 e. The van der Waals surface area contributed by atoms with Gasteiger partial charge in [0.05, 0.1) is 37.1 Å². The van der Waals surface area contributed by atoms with Crippen molar-refractivity contribution in [3.63, 3.8) is 0 Å². The molecule has 6 nitrogen and oxygen atoms in total. The molecule has 0 N–H and O–H groups in total. The summed E-state index contributed by atoms with van der Waals surface area (Å²) >= 11 is 0. The number of Topliss-reactive ketones (excluding diaryl/α,β-unsaturated/α-hetero) is 1. The SMILES string of the molecule is O=C(Cc1cc2cc(-c3ccnnc3)cnc2cn1)CN1CCCC1. The molecule has 0 bridgehead atoms. The van der Waals surface area contributed by atoms with Gasteiger partial charge in [0.15, 0.2) is 5.78 Å². The van der Waals surface area contributed by atoms with Crippen LogP contribution in [0.3, 0.4) is 0 Å². The first-order chi connectivity index (χ1) is 12.3. The third-order valence-electron chi connectivity index (χ3n) is 4.52. The van der Waals surface area contributed by atoms with Gasteiger partial charge in [0.25, 0.3) is 0 Å². The number of ketones is 1. The monoisotopic (exact) mass is 333 g/mol. The van der Waals surface area contributed by atoms with E-state index in [2.05, 4.69) is 31.1 Å². The van der Waals surface area contributed by atoms with Crippen LogP contribution in [0.15, 0.2) is 43.0 Å². The summed E-state index contributed by atoms with van der Waals surface area (Å²) in [6, 6.07) is 5.91. The molecule has 0 aromatic carbocycles. The van der Waals surface area contributed by atoms with E-state index >= 15 is 0 Å². The first kappa shape index (κ1) is 15.8. The Bertz CT molecular complexity index is 891. The van der Waals surface area contributed by atoms with Crippen LogP contribution in [0.1, 0.15) is 18.5 Å². The highest BCUT2D eigenvalue weighted by molar-refractivity contribution is 5.86. The first-order valence-electron chi connectivity index (χ1n) is 8.54. The third kappa shape index (κ3) is 3.69. The lowest BCUT2D eigenvalue weighted by atomic mass is 10.1. The number of aromatic nitrogens is 4. The van der Waals surface area contributed by atoms with Crippen LogP contribution in [0.2, 0.25) is 0 Å². The van der Waals surface area contributed by atoms with Crippen molar-refractivity contribution >= 4 is 16.7 Å². The molecule has 6 heteroatoms. The molecule has 1 fully saturated rings. The van der Waals surface area contributed by atoms with Gasteiger partial charge in [-0.1, -0.05) is 0 Å². The highest BCUT2D eigenvalue weighted by atomic mass is 16.1. The zero-order valence-electron chi connectivity index (χ0n) is 13.9. The number of rotatable bonds is 5. The Kier molecular flexibility index (Phi) is 4.43. The second-order valence-electron chi connectivity index (χ2n) is 6.42. The average molecular weight is 333 g/mol. The molecule has 0 saturated carbocycles. The number of likely N-dealkylation sites (tertiary alicyclic amines) is 1. The van der Waals surface area contributed by atoms with Gasteiger partial charge in [-0.3, -0.25) is 19.7 Å². The quantitative estimate of drug-likeness (QED) is 0.713. The minimum Gasteiger partial charge on any atom is -0.298 e. The fourth-order valence-corrected chi connectivity index (χ4v) is 3.24. The van der Waals surface area contributed by atoms with Crippen LogP contribution >= 0.6 is 0 Å². The summed E-state index contributed by atoms with van der Waals surface area (Å²) in [5.41, 5.74) is 3.56. The number of nitrogens with zero attached hydrogens (tertiary/aromatic N) is 5. The summed E-state index contributed by atoms with van der Waals surface area (Å²) in [5, 5.41) is 8.69. The molecule has 1 saturated heterocycles. The van der Waals surface area contributed by atoms with Crippen molar-refractivity contribution in [2.75, 3.05) is 19.6 Å². The zero-order chi connectivity index (χ0) is 17.1. The third-order valence-corrected chi connectivity index (χ3v) is 4.52. The van der Waals surface area contributed by atoms with E-state index in [0.29, 0.717) is 13.0 Å². The molecule has 3 aromatic heterocycles. The van der Waals surface area contributed by atoms with Crippen LogP contribution in [0.4, 0.5) is 0 Å². The highest BCUT2D eigenvalue weighted by Crippen LogP contribution is 2.22. The Morgan fingerprint density at radius 2 is 1.88 bits per heavy atom. The molecule has 1 aliphatic rings. The molecule has 126 valence electrons. The zero-order valence-corrected chi connectivity index (χ0v) is 13.9. The van der Waals surface area contributed by atoms with Gasteiger partial charge in [0, 0.05) is 28.4 Å². The lowest BCUT2D eigenvalue weighted by molar-refractivity contribution is -0.119. The van der Waals surface area contributed by atoms with Gasteiger partial charge in [-0.05, 0) is 44.1 Å². The lowest BCUT2D eigenvalue weighted by Crippen LogP contribution is -2.27. The van der Waals surface area contributed by atoms with Crippen molar-refractivity contribution in [1.29, 1.82) is 0 Å². The lowest BCUT2D eigenvalue weighted by Gasteiger charge is -2.13. The van der Waals surface area contributed by atoms with E-state index in [-0.39, 0.29) is 5.78 Å². The molecule has 0 atom stereocenters. The standard InChI is InChI=1S/C19H19N5O/c25-18(13-24-5-1-2-6-24)9-17-8-15-7-16(10-21-19(15)12-20-17)14-3-4-22-23-11-14/h3-4,7-8,10-12H,1-2,5-6,9,13H2. The maximum absolute atomic E-state index is 12.3. The largest absolute Gasteiger partial charge is 0.298 e. The van der Waals surface area contributed by atoms with Crippen LogP contribution < -0.4 is 0 Å². The Hall–Kier alpha value is -2.73. The summed E-state index contributed by atoms with van der Waals surface area (Å²) in [5.74, 6) is 0.219. The van der Waals surface area contributed by atoms with Crippen molar-refractivity contribution in [1.82, 2.24) is 25.1 Å². The maximum atomic E-state index is 12.3. The highest BCUT2D eigenvalue weighted by Gasteiger charge is 2.16. The second kappa shape index (κ2) is 7.03. The summed E-state index contributed by atoms with van der Waals surface area (Å²) < 4.78 is 0. The fraction of sp³-hybridized carbons (Fsp3) is 0.316. The molecule has 0 spiro atoms. The summed E-state index contributed by atoms with van der Waals surface area (Å²) in [7, 11) is 0. The van der Waals surface area contributed by atoms with Crippen molar-refractivity contribution in [3.8, 4) is 11.1 Å². The van der Waals surface area contributed by atoms with E-state index in [1.165, 1.54) is 12.8 Å². The van der Waals surface area contributed by atoms with Crippen molar-refractivity contribution in [2.24, 2.45) is 0 Å². The Labute approximate surface area is 145 Å². The van der Waals surface area contributed by atoms with E-state index in [0.717, 1.165) is 40.8 Å². The van der Waals surface area contributed by atoms with Crippen LogP contribution in [-0.4, -0.2) is 50.5 Å². The molecule has 4 rings (SSSR count). The predicted octanol–water partition coefficient (Wildman–Crippen LogP) is 2.29. The van der Waals surface area contributed by atoms with Crippen molar-refractivity contribution < 1.29 is 4.79 Å². The average Bonchev–Trinajstić information content (AvgIpc) is 3.14. The number of hydrogen-bond acceptors (Lipinski definition) is 6. The topological polar surface area (TPSA) is 71.9 Å². The Morgan fingerprint density at radius 1 is 1.00 bits per heavy atom. The van der Waals surface area contributed by atoms with Gasteiger partial charge in [-0.25, -0.2) is 0 Å². The van der Waals surface area contributed by atoms with Gasteiger partial charge < -0.3 is 0 Å². The molecule has 0 unspecified atom stereocenters. The number of carbonyl (C=O) groups is 1. The van der Waals surface area contributed by atoms with E-state index < -0.39 is 0 Å². The normalized spacial score (nSPS) is 14.9. The molecule has 0 amide bonds. The number of carbonyl (C=O) groups excluding carboxylic acids is 1. The van der Waals surface area contributed by atoms with Crippen LogP contribution in [0.25, 0.3) is 22.0 Å². The fourth-order valence-electron chi connectivity index (χ4n) is 3.24. The molecule has 3 aromatic rings.